The van der Waals surface area contributed by atoms with Crippen molar-refractivity contribution in [2.24, 2.45) is 0 Å². The lowest BCUT2D eigenvalue weighted by molar-refractivity contribution is 0.632. The zero-order valence-corrected chi connectivity index (χ0v) is 12.7. The first-order chi connectivity index (χ1) is 10.9. The van der Waals surface area contributed by atoms with Crippen molar-refractivity contribution in [3.8, 4) is 0 Å². The Bertz CT molecular complexity index is 635. The van der Waals surface area contributed by atoms with Crippen molar-refractivity contribution in [1.82, 2.24) is 15.3 Å². The summed E-state index contributed by atoms with van der Waals surface area (Å²) in [5.41, 5.74) is 4.31. The molecular formula is C17H21N5. The van der Waals surface area contributed by atoms with Crippen molar-refractivity contribution in [1.29, 1.82) is 0 Å². The number of hydrogen-bond donors (Lipinski definition) is 1. The molecule has 1 saturated heterocycles. The fourth-order valence-corrected chi connectivity index (χ4v) is 3.28. The lowest BCUT2D eigenvalue weighted by Crippen LogP contribution is -2.47. The maximum absolute atomic E-state index is 4.35. The Morgan fingerprint density at radius 2 is 1.68 bits per heavy atom. The van der Waals surface area contributed by atoms with E-state index in [1.54, 1.807) is 0 Å². The third kappa shape index (κ3) is 2.64. The Balaban J connectivity index is 1.45. The molecule has 3 heterocycles. The minimum absolute atomic E-state index is 0.846. The van der Waals surface area contributed by atoms with Crippen LogP contribution in [-0.4, -0.2) is 42.7 Å². The molecule has 5 nitrogen and oxygen atoms in total. The quantitative estimate of drug-likeness (QED) is 0.908. The Kier molecular flexibility index (Phi) is 3.64. The summed E-state index contributed by atoms with van der Waals surface area (Å²) in [5, 5.41) is 3.43. The molecule has 5 heteroatoms. The average molecular weight is 295 g/mol. The molecular weight excluding hydrogens is 274 g/mol. The third-order valence-electron chi connectivity index (χ3n) is 4.56. The predicted octanol–water partition coefficient (Wildman–Crippen LogP) is 1.45. The monoisotopic (exact) mass is 295 g/mol. The molecule has 0 radical (unpaired) electrons. The lowest BCUT2D eigenvalue weighted by atomic mass is 10.00. The first kappa shape index (κ1) is 13.5. The van der Waals surface area contributed by atoms with E-state index in [9.17, 15) is 0 Å². The van der Waals surface area contributed by atoms with Gasteiger partial charge >= 0.3 is 0 Å². The minimum Gasteiger partial charge on any atom is -0.368 e. The highest BCUT2D eigenvalue weighted by Gasteiger charge is 2.20. The zero-order valence-electron chi connectivity index (χ0n) is 12.7. The molecule has 1 aromatic carbocycles. The molecule has 1 N–H and O–H groups in total. The van der Waals surface area contributed by atoms with E-state index in [0.29, 0.717) is 0 Å². The number of anilines is 2. The second kappa shape index (κ2) is 5.93. The smallest absolute Gasteiger partial charge is 0.225 e. The van der Waals surface area contributed by atoms with E-state index in [1.165, 1.54) is 16.8 Å². The maximum Gasteiger partial charge on any atom is 0.225 e. The van der Waals surface area contributed by atoms with E-state index in [2.05, 4.69) is 43.3 Å². The van der Waals surface area contributed by atoms with Crippen molar-refractivity contribution in [3.63, 3.8) is 0 Å². The van der Waals surface area contributed by atoms with Crippen LogP contribution in [0.2, 0.25) is 0 Å². The molecule has 2 aliphatic heterocycles. The average Bonchev–Trinajstić information content (AvgIpc) is 2.62. The Morgan fingerprint density at radius 1 is 0.909 bits per heavy atom. The summed E-state index contributed by atoms with van der Waals surface area (Å²) < 4.78 is 0. The van der Waals surface area contributed by atoms with Crippen molar-refractivity contribution in [3.05, 3.63) is 47.8 Å². The van der Waals surface area contributed by atoms with Crippen LogP contribution in [0.15, 0.2) is 36.7 Å². The summed E-state index contributed by atoms with van der Waals surface area (Å²) in [5.74, 6) is 0.846. The van der Waals surface area contributed by atoms with E-state index in [1.807, 2.05) is 18.5 Å². The normalized spacial score (nSPS) is 18.2. The van der Waals surface area contributed by atoms with Crippen LogP contribution in [0, 0.1) is 0 Å². The van der Waals surface area contributed by atoms with E-state index < -0.39 is 0 Å². The number of rotatable bonds is 2. The van der Waals surface area contributed by atoms with Crippen LogP contribution < -0.4 is 15.1 Å². The number of aromatic nitrogens is 2. The highest BCUT2D eigenvalue weighted by Crippen LogP contribution is 2.23. The second-order valence-electron chi connectivity index (χ2n) is 5.90. The van der Waals surface area contributed by atoms with Gasteiger partial charge in [0, 0.05) is 50.8 Å². The zero-order chi connectivity index (χ0) is 14.8. The first-order valence-electron chi connectivity index (χ1n) is 7.99. The van der Waals surface area contributed by atoms with Gasteiger partial charge in [-0.25, -0.2) is 9.97 Å². The van der Waals surface area contributed by atoms with Gasteiger partial charge in [-0.1, -0.05) is 6.07 Å². The summed E-state index contributed by atoms with van der Waals surface area (Å²) in [6, 6.07) is 8.79. The summed E-state index contributed by atoms with van der Waals surface area (Å²) in [7, 11) is 0. The predicted molar refractivity (Wildman–Crippen MR) is 88.3 cm³/mol. The van der Waals surface area contributed by atoms with Crippen LogP contribution in [0.25, 0.3) is 0 Å². The minimum atomic E-state index is 0.846. The van der Waals surface area contributed by atoms with Gasteiger partial charge in [-0.05, 0) is 42.3 Å². The molecule has 2 aromatic rings. The van der Waals surface area contributed by atoms with Gasteiger partial charge in [-0.3, -0.25) is 0 Å². The number of hydrogen-bond acceptors (Lipinski definition) is 5. The fourth-order valence-electron chi connectivity index (χ4n) is 3.28. The molecule has 0 unspecified atom stereocenters. The molecule has 0 aliphatic carbocycles. The van der Waals surface area contributed by atoms with E-state index >= 15 is 0 Å². The van der Waals surface area contributed by atoms with Gasteiger partial charge in [0.1, 0.15) is 0 Å². The number of nitrogens with one attached hydrogen (secondary N) is 1. The molecule has 114 valence electrons. The van der Waals surface area contributed by atoms with Gasteiger partial charge < -0.3 is 15.1 Å². The summed E-state index contributed by atoms with van der Waals surface area (Å²) >= 11 is 0. The summed E-state index contributed by atoms with van der Waals surface area (Å²) in [6.45, 7) is 6.10. The number of piperazine rings is 1. The Hall–Kier alpha value is -2.14. The van der Waals surface area contributed by atoms with Crippen LogP contribution >= 0.6 is 0 Å². The van der Waals surface area contributed by atoms with Crippen LogP contribution in [0.5, 0.6) is 0 Å². The molecule has 4 rings (SSSR count). The van der Waals surface area contributed by atoms with Gasteiger partial charge in [-0.2, -0.15) is 0 Å². The van der Waals surface area contributed by atoms with Gasteiger partial charge in [-0.15, -0.1) is 0 Å². The first-order valence-corrected chi connectivity index (χ1v) is 7.99. The standard InChI is InChI=1S/C17H21N5/c1-5-19-17(20-6-1)22-10-8-21(9-11-22)16-3-2-15-13-18-7-4-14(15)12-16/h1-3,5-6,12,18H,4,7-11,13H2. The Morgan fingerprint density at radius 3 is 2.50 bits per heavy atom. The van der Waals surface area contributed by atoms with Crippen molar-refractivity contribution >= 4 is 11.6 Å². The summed E-state index contributed by atoms with van der Waals surface area (Å²) in [6.07, 6.45) is 4.76. The molecule has 1 fully saturated rings. The van der Waals surface area contributed by atoms with Crippen molar-refractivity contribution in [2.45, 2.75) is 13.0 Å². The lowest BCUT2D eigenvalue weighted by Gasteiger charge is -2.36. The van der Waals surface area contributed by atoms with Crippen LogP contribution in [-0.2, 0) is 13.0 Å². The summed E-state index contributed by atoms with van der Waals surface area (Å²) in [4.78, 5) is 13.4. The maximum atomic E-state index is 4.35. The van der Waals surface area contributed by atoms with Gasteiger partial charge in [0.05, 0.1) is 0 Å². The SMILES string of the molecule is c1cnc(N2CCN(c3ccc4c(c3)CCNC4)CC2)nc1. The molecule has 0 saturated carbocycles. The van der Waals surface area contributed by atoms with Crippen molar-refractivity contribution < 1.29 is 0 Å². The second-order valence-corrected chi connectivity index (χ2v) is 5.90. The molecule has 0 amide bonds. The molecule has 0 atom stereocenters. The van der Waals surface area contributed by atoms with Gasteiger partial charge in [0.15, 0.2) is 0 Å². The number of nitrogens with zero attached hydrogens (tertiary/aromatic N) is 4. The third-order valence-corrected chi connectivity index (χ3v) is 4.56. The van der Waals surface area contributed by atoms with Crippen molar-refractivity contribution in [2.75, 3.05) is 42.5 Å². The van der Waals surface area contributed by atoms with Gasteiger partial charge in [0.2, 0.25) is 5.95 Å². The Labute approximate surface area is 131 Å². The van der Waals surface area contributed by atoms with Crippen LogP contribution in [0.4, 0.5) is 11.6 Å². The van der Waals surface area contributed by atoms with E-state index in [4.69, 9.17) is 0 Å². The van der Waals surface area contributed by atoms with Crippen LogP contribution in [0.1, 0.15) is 11.1 Å². The highest BCUT2D eigenvalue weighted by molar-refractivity contribution is 5.53. The number of benzene rings is 1. The number of fused-ring (bicyclic) bond motifs is 1. The topological polar surface area (TPSA) is 44.3 Å². The molecule has 2 aliphatic rings. The highest BCUT2D eigenvalue weighted by atomic mass is 15.3. The molecule has 1 aromatic heterocycles. The van der Waals surface area contributed by atoms with Crippen LogP contribution in [0.3, 0.4) is 0 Å². The van der Waals surface area contributed by atoms with E-state index in [-0.39, 0.29) is 0 Å². The molecule has 0 bridgehead atoms. The fraction of sp³-hybridized carbons (Fsp3) is 0.412. The van der Waals surface area contributed by atoms with E-state index in [0.717, 1.165) is 51.6 Å². The molecule has 22 heavy (non-hydrogen) atoms. The van der Waals surface area contributed by atoms with Gasteiger partial charge in [0.25, 0.3) is 0 Å². The molecule has 0 spiro atoms. The largest absolute Gasteiger partial charge is 0.368 e.